The van der Waals surface area contributed by atoms with E-state index in [-0.39, 0.29) is 0 Å². The van der Waals surface area contributed by atoms with Crippen molar-refractivity contribution < 1.29 is 9.59 Å². The average molecular weight is 301 g/mol. The van der Waals surface area contributed by atoms with Crippen LogP contribution in [-0.2, 0) is 16.0 Å². The lowest BCUT2D eigenvalue weighted by Gasteiger charge is -2.24. The summed E-state index contributed by atoms with van der Waals surface area (Å²) in [6.07, 6.45) is 7.32. The molecule has 2 amide bonds. The lowest BCUT2D eigenvalue weighted by Crippen LogP contribution is -2.46. The molecule has 0 bridgehead atoms. The molecule has 1 rings (SSSR count). The number of amides is 2. The maximum Gasteiger partial charge on any atom is 0.312 e. The Morgan fingerprint density at radius 3 is 2.14 bits per heavy atom. The topological polar surface area (TPSA) is 53.5 Å². The number of aromatic nitrogens is 1. The monoisotopic (exact) mass is 301 g/mol. The third-order valence-corrected chi connectivity index (χ3v) is 3.26. The van der Waals surface area contributed by atoms with E-state index in [1.807, 2.05) is 19.1 Å². The molecule has 0 N–H and O–H groups in total. The molecule has 5 nitrogen and oxygen atoms in total. The molecular formula is C17H23N3O2. The van der Waals surface area contributed by atoms with Gasteiger partial charge in [-0.25, -0.2) is 0 Å². The second-order valence-electron chi connectivity index (χ2n) is 4.78. The highest BCUT2D eigenvalue weighted by Crippen LogP contribution is 2.03. The highest BCUT2D eigenvalue weighted by atomic mass is 16.2. The summed E-state index contributed by atoms with van der Waals surface area (Å²) in [7, 11) is 0. The molecule has 0 aliphatic carbocycles. The van der Waals surface area contributed by atoms with Gasteiger partial charge in [0.2, 0.25) is 0 Å². The SMILES string of the molecule is C=CCN(CC=C)C(=O)C(=O)N(CC)CCc1ccncc1. The van der Waals surface area contributed by atoms with Gasteiger partial charge in [-0.2, -0.15) is 0 Å². The second-order valence-corrected chi connectivity index (χ2v) is 4.78. The number of hydrogen-bond acceptors (Lipinski definition) is 3. The minimum absolute atomic E-state index is 0.332. The van der Waals surface area contributed by atoms with Crippen LogP contribution in [0.4, 0.5) is 0 Å². The molecule has 0 saturated heterocycles. The highest BCUT2D eigenvalue weighted by Gasteiger charge is 2.24. The van der Waals surface area contributed by atoms with Crippen LogP contribution in [0.3, 0.4) is 0 Å². The first-order chi connectivity index (χ1) is 10.6. The quantitative estimate of drug-likeness (QED) is 0.542. The van der Waals surface area contributed by atoms with E-state index in [4.69, 9.17) is 0 Å². The second kappa shape index (κ2) is 9.50. The van der Waals surface area contributed by atoms with Gasteiger partial charge in [0.05, 0.1) is 0 Å². The molecule has 0 radical (unpaired) electrons. The summed E-state index contributed by atoms with van der Waals surface area (Å²) in [6, 6.07) is 3.81. The van der Waals surface area contributed by atoms with Crippen molar-refractivity contribution in [2.24, 2.45) is 0 Å². The lowest BCUT2D eigenvalue weighted by molar-refractivity contribution is -0.151. The molecule has 5 heteroatoms. The van der Waals surface area contributed by atoms with Gasteiger partial charge >= 0.3 is 11.8 Å². The van der Waals surface area contributed by atoms with Crippen LogP contribution in [0.2, 0.25) is 0 Å². The summed E-state index contributed by atoms with van der Waals surface area (Å²) in [6.45, 7) is 10.7. The Morgan fingerprint density at radius 2 is 1.64 bits per heavy atom. The fourth-order valence-electron chi connectivity index (χ4n) is 2.04. The van der Waals surface area contributed by atoms with Gasteiger partial charge in [-0.3, -0.25) is 14.6 Å². The third kappa shape index (κ3) is 5.16. The minimum Gasteiger partial charge on any atom is -0.334 e. The maximum absolute atomic E-state index is 12.3. The van der Waals surface area contributed by atoms with Gasteiger partial charge in [-0.1, -0.05) is 12.2 Å². The molecule has 1 aromatic rings. The predicted molar refractivity (Wildman–Crippen MR) is 87.2 cm³/mol. The molecule has 0 spiro atoms. The molecule has 0 aliphatic rings. The molecule has 0 unspecified atom stereocenters. The highest BCUT2D eigenvalue weighted by molar-refractivity contribution is 6.34. The molecule has 0 aliphatic heterocycles. The van der Waals surface area contributed by atoms with Crippen molar-refractivity contribution in [3.05, 3.63) is 55.4 Å². The van der Waals surface area contributed by atoms with Crippen molar-refractivity contribution in [3.8, 4) is 0 Å². The van der Waals surface area contributed by atoms with E-state index in [0.717, 1.165) is 5.56 Å². The maximum atomic E-state index is 12.3. The van der Waals surface area contributed by atoms with Crippen LogP contribution in [-0.4, -0.2) is 52.8 Å². The van der Waals surface area contributed by atoms with Gasteiger partial charge in [-0.15, -0.1) is 13.2 Å². The van der Waals surface area contributed by atoms with Crippen LogP contribution in [0.5, 0.6) is 0 Å². The summed E-state index contributed by atoms with van der Waals surface area (Å²) < 4.78 is 0. The standard InChI is InChI=1S/C17H23N3O2/c1-4-12-20(13-5-2)17(22)16(21)19(6-3)14-9-15-7-10-18-11-8-15/h4-5,7-8,10-11H,1-2,6,9,12-14H2,3H3. The van der Waals surface area contributed by atoms with Crippen molar-refractivity contribution in [1.29, 1.82) is 0 Å². The fraction of sp³-hybridized carbons (Fsp3) is 0.353. The van der Waals surface area contributed by atoms with Crippen LogP contribution in [0.1, 0.15) is 12.5 Å². The van der Waals surface area contributed by atoms with Gasteiger partial charge in [0.1, 0.15) is 0 Å². The first kappa shape index (κ1) is 17.6. The lowest BCUT2D eigenvalue weighted by atomic mass is 10.2. The molecule has 22 heavy (non-hydrogen) atoms. The molecule has 0 fully saturated rings. The summed E-state index contributed by atoms with van der Waals surface area (Å²) >= 11 is 0. The number of pyridine rings is 1. The van der Waals surface area contributed by atoms with Gasteiger partial charge in [0.15, 0.2) is 0 Å². The summed E-state index contributed by atoms with van der Waals surface area (Å²) in [5.41, 5.74) is 1.09. The fourth-order valence-corrected chi connectivity index (χ4v) is 2.04. The van der Waals surface area contributed by atoms with E-state index in [2.05, 4.69) is 18.1 Å². The zero-order chi connectivity index (χ0) is 16.4. The van der Waals surface area contributed by atoms with Gasteiger partial charge in [-0.05, 0) is 31.0 Å². The molecule has 0 saturated carbocycles. The molecule has 1 heterocycles. The van der Waals surface area contributed by atoms with Crippen LogP contribution >= 0.6 is 0 Å². The summed E-state index contributed by atoms with van der Waals surface area (Å²) in [5, 5.41) is 0. The van der Waals surface area contributed by atoms with Crippen molar-refractivity contribution in [3.63, 3.8) is 0 Å². The Bertz CT molecular complexity index is 504. The third-order valence-electron chi connectivity index (χ3n) is 3.26. The number of carbonyl (C=O) groups excluding carboxylic acids is 2. The van der Waals surface area contributed by atoms with Gasteiger partial charge < -0.3 is 9.80 Å². The number of likely N-dealkylation sites (N-methyl/N-ethyl adjacent to an activating group) is 1. The average Bonchev–Trinajstić information content (AvgIpc) is 2.55. The van der Waals surface area contributed by atoms with Crippen LogP contribution in [0.25, 0.3) is 0 Å². The smallest absolute Gasteiger partial charge is 0.312 e. The van der Waals surface area contributed by atoms with Crippen LogP contribution in [0, 0.1) is 0 Å². The Hall–Kier alpha value is -2.43. The largest absolute Gasteiger partial charge is 0.334 e. The zero-order valence-electron chi connectivity index (χ0n) is 13.1. The van der Waals surface area contributed by atoms with E-state index in [1.165, 1.54) is 4.90 Å². The van der Waals surface area contributed by atoms with E-state index in [9.17, 15) is 9.59 Å². The molecule has 118 valence electrons. The normalized spacial score (nSPS) is 9.86. The first-order valence-corrected chi connectivity index (χ1v) is 7.32. The predicted octanol–water partition coefficient (Wildman–Crippen LogP) is 1.67. The Balaban J connectivity index is 2.67. The molecule has 0 aromatic carbocycles. The first-order valence-electron chi connectivity index (χ1n) is 7.32. The summed E-state index contributed by atoms with van der Waals surface area (Å²) in [4.78, 5) is 31.5. The Kier molecular flexibility index (Phi) is 7.61. The van der Waals surface area contributed by atoms with E-state index >= 15 is 0 Å². The Labute approximate surface area is 131 Å². The van der Waals surface area contributed by atoms with E-state index in [0.29, 0.717) is 32.6 Å². The van der Waals surface area contributed by atoms with Crippen molar-refractivity contribution in [2.75, 3.05) is 26.2 Å². The Morgan fingerprint density at radius 1 is 1.09 bits per heavy atom. The molecule has 1 aromatic heterocycles. The van der Waals surface area contributed by atoms with Crippen molar-refractivity contribution in [2.45, 2.75) is 13.3 Å². The number of rotatable bonds is 8. The van der Waals surface area contributed by atoms with Crippen molar-refractivity contribution in [1.82, 2.24) is 14.8 Å². The van der Waals surface area contributed by atoms with Gasteiger partial charge in [0, 0.05) is 38.6 Å². The molecular weight excluding hydrogens is 278 g/mol. The summed E-state index contributed by atoms with van der Waals surface area (Å²) in [5.74, 6) is -1.00. The number of nitrogens with zero attached hydrogens (tertiary/aromatic N) is 3. The molecule has 0 atom stereocenters. The zero-order valence-corrected chi connectivity index (χ0v) is 13.1. The van der Waals surface area contributed by atoms with Crippen LogP contribution in [0.15, 0.2) is 49.8 Å². The minimum atomic E-state index is -0.517. The number of hydrogen-bond donors (Lipinski definition) is 0. The van der Waals surface area contributed by atoms with Gasteiger partial charge in [0.25, 0.3) is 0 Å². The van der Waals surface area contributed by atoms with Crippen molar-refractivity contribution >= 4 is 11.8 Å². The van der Waals surface area contributed by atoms with Crippen LogP contribution < -0.4 is 0 Å². The number of carbonyl (C=O) groups is 2. The van der Waals surface area contributed by atoms with E-state index < -0.39 is 11.8 Å². The van der Waals surface area contributed by atoms with E-state index in [1.54, 1.807) is 29.4 Å².